The Morgan fingerprint density at radius 3 is 2.41 bits per heavy atom. The van der Waals surface area contributed by atoms with Gasteiger partial charge in [0.2, 0.25) is 5.91 Å². The van der Waals surface area contributed by atoms with Crippen LogP contribution in [0.4, 0.5) is 5.69 Å². The summed E-state index contributed by atoms with van der Waals surface area (Å²) in [6.07, 6.45) is 0. The van der Waals surface area contributed by atoms with Gasteiger partial charge in [0, 0.05) is 16.3 Å². The van der Waals surface area contributed by atoms with Gasteiger partial charge in [0.25, 0.3) is 0 Å². The van der Waals surface area contributed by atoms with Crippen molar-refractivity contribution in [1.29, 1.82) is 0 Å². The Labute approximate surface area is 207 Å². The molecule has 174 valence electrons. The largest absolute Gasteiger partial charge is 0.497 e. The Morgan fingerprint density at radius 1 is 1.00 bits per heavy atom. The zero-order valence-electron chi connectivity index (χ0n) is 18.9. The van der Waals surface area contributed by atoms with Crippen molar-refractivity contribution in [3.8, 4) is 28.6 Å². The van der Waals surface area contributed by atoms with Gasteiger partial charge in [0.1, 0.15) is 11.5 Å². The SMILES string of the molecule is COc1ccc(-c2nnc(SCC(=O)Nc3cc(C)ccc3OC)n2-c2ccc(Cl)cc2)cc1. The first kappa shape index (κ1) is 23.7. The Bertz CT molecular complexity index is 1290. The molecule has 3 aromatic carbocycles. The molecule has 1 aromatic heterocycles. The first-order valence-corrected chi connectivity index (χ1v) is 11.8. The minimum atomic E-state index is -0.175. The van der Waals surface area contributed by atoms with Crippen LogP contribution < -0.4 is 14.8 Å². The van der Waals surface area contributed by atoms with Crippen molar-refractivity contribution in [1.82, 2.24) is 14.8 Å². The Balaban J connectivity index is 1.60. The third kappa shape index (κ3) is 5.35. The van der Waals surface area contributed by atoms with Crippen LogP contribution in [-0.2, 0) is 4.79 Å². The number of hydrogen-bond donors (Lipinski definition) is 1. The first-order chi connectivity index (χ1) is 16.5. The molecule has 0 aliphatic rings. The number of nitrogens with zero attached hydrogens (tertiary/aromatic N) is 3. The van der Waals surface area contributed by atoms with Gasteiger partial charge in [-0.2, -0.15) is 0 Å². The molecule has 0 unspecified atom stereocenters. The fourth-order valence-corrected chi connectivity index (χ4v) is 4.23. The summed E-state index contributed by atoms with van der Waals surface area (Å²) >= 11 is 7.39. The van der Waals surface area contributed by atoms with Gasteiger partial charge < -0.3 is 14.8 Å². The van der Waals surface area contributed by atoms with Crippen molar-refractivity contribution in [2.75, 3.05) is 25.3 Å². The van der Waals surface area contributed by atoms with Crippen molar-refractivity contribution < 1.29 is 14.3 Å². The number of carbonyl (C=O) groups excluding carboxylic acids is 1. The maximum Gasteiger partial charge on any atom is 0.234 e. The van der Waals surface area contributed by atoms with E-state index in [1.54, 1.807) is 26.4 Å². The second kappa shape index (κ2) is 10.6. The van der Waals surface area contributed by atoms with E-state index >= 15 is 0 Å². The highest BCUT2D eigenvalue weighted by molar-refractivity contribution is 7.99. The number of anilines is 1. The number of amides is 1. The van der Waals surface area contributed by atoms with Gasteiger partial charge in [-0.25, -0.2) is 0 Å². The predicted octanol–water partition coefficient (Wildman–Crippen LogP) is 5.64. The Morgan fingerprint density at radius 2 is 1.74 bits per heavy atom. The summed E-state index contributed by atoms with van der Waals surface area (Å²) in [6, 6.07) is 20.6. The topological polar surface area (TPSA) is 78.3 Å². The molecular formula is C25H23ClN4O3S. The average molecular weight is 495 g/mol. The van der Waals surface area contributed by atoms with Crippen molar-refractivity contribution in [2.45, 2.75) is 12.1 Å². The molecule has 0 atom stereocenters. The fraction of sp³-hybridized carbons (Fsp3) is 0.160. The zero-order valence-corrected chi connectivity index (χ0v) is 20.5. The van der Waals surface area contributed by atoms with Gasteiger partial charge in [-0.05, 0) is 73.2 Å². The van der Waals surface area contributed by atoms with Gasteiger partial charge in [-0.1, -0.05) is 29.4 Å². The summed E-state index contributed by atoms with van der Waals surface area (Å²) in [7, 11) is 3.20. The van der Waals surface area contributed by atoms with Crippen LogP contribution in [0.25, 0.3) is 17.1 Å². The van der Waals surface area contributed by atoms with E-state index in [4.69, 9.17) is 21.1 Å². The van der Waals surface area contributed by atoms with E-state index in [9.17, 15) is 4.79 Å². The number of aromatic nitrogens is 3. The molecule has 7 nitrogen and oxygen atoms in total. The van der Waals surface area contributed by atoms with Crippen LogP contribution in [-0.4, -0.2) is 40.6 Å². The summed E-state index contributed by atoms with van der Waals surface area (Å²) in [6.45, 7) is 1.96. The summed E-state index contributed by atoms with van der Waals surface area (Å²) in [5.41, 5.74) is 3.36. The lowest BCUT2D eigenvalue weighted by Crippen LogP contribution is -2.15. The summed E-state index contributed by atoms with van der Waals surface area (Å²) in [5.74, 6) is 1.97. The predicted molar refractivity (Wildman–Crippen MR) is 135 cm³/mol. The van der Waals surface area contributed by atoms with Gasteiger partial charge in [0.05, 0.1) is 25.7 Å². The van der Waals surface area contributed by atoms with E-state index in [-0.39, 0.29) is 11.7 Å². The summed E-state index contributed by atoms with van der Waals surface area (Å²) in [4.78, 5) is 12.7. The first-order valence-electron chi connectivity index (χ1n) is 10.4. The van der Waals surface area contributed by atoms with Crippen LogP contribution in [0, 0.1) is 6.92 Å². The third-order valence-corrected chi connectivity index (χ3v) is 6.21. The van der Waals surface area contributed by atoms with E-state index in [1.165, 1.54) is 11.8 Å². The highest BCUT2D eigenvalue weighted by Crippen LogP contribution is 2.30. The molecule has 4 aromatic rings. The lowest BCUT2D eigenvalue weighted by Gasteiger charge is -2.12. The van der Waals surface area contributed by atoms with E-state index in [0.717, 1.165) is 22.6 Å². The zero-order chi connectivity index (χ0) is 24.1. The molecule has 0 spiro atoms. The summed E-state index contributed by atoms with van der Waals surface area (Å²) in [5, 5.41) is 12.9. The number of hydrogen-bond acceptors (Lipinski definition) is 6. The van der Waals surface area contributed by atoms with Crippen molar-refractivity contribution in [3.63, 3.8) is 0 Å². The van der Waals surface area contributed by atoms with Crippen LogP contribution >= 0.6 is 23.4 Å². The monoisotopic (exact) mass is 494 g/mol. The number of carbonyl (C=O) groups is 1. The molecular weight excluding hydrogens is 472 g/mol. The third-order valence-electron chi connectivity index (χ3n) is 5.03. The summed E-state index contributed by atoms with van der Waals surface area (Å²) < 4.78 is 12.5. The van der Waals surface area contributed by atoms with E-state index < -0.39 is 0 Å². The van der Waals surface area contributed by atoms with Gasteiger partial charge in [-0.3, -0.25) is 9.36 Å². The van der Waals surface area contributed by atoms with Crippen molar-refractivity contribution >= 4 is 35.0 Å². The molecule has 0 fully saturated rings. The number of methoxy groups -OCH3 is 2. The number of aryl methyl sites for hydroxylation is 1. The standard InChI is InChI=1S/C25H23ClN4O3S/c1-16-4-13-22(33-3)21(14-16)27-23(31)15-34-25-29-28-24(17-5-11-20(32-2)12-6-17)30(25)19-9-7-18(26)8-10-19/h4-14H,15H2,1-3H3,(H,27,31). The number of rotatable bonds is 8. The van der Waals surface area contributed by atoms with Crippen LogP contribution in [0.1, 0.15) is 5.56 Å². The maximum absolute atomic E-state index is 12.7. The molecule has 0 saturated carbocycles. The number of halogens is 1. The average Bonchev–Trinajstić information content (AvgIpc) is 3.27. The molecule has 9 heteroatoms. The number of benzene rings is 3. The second-order valence-electron chi connectivity index (χ2n) is 7.39. The van der Waals surface area contributed by atoms with Crippen LogP contribution in [0.3, 0.4) is 0 Å². The van der Waals surface area contributed by atoms with Gasteiger partial charge in [-0.15, -0.1) is 10.2 Å². The molecule has 0 aliphatic heterocycles. The minimum Gasteiger partial charge on any atom is -0.497 e. The molecule has 4 rings (SSSR count). The highest BCUT2D eigenvalue weighted by atomic mass is 35.5. The highest BCUT2D eigenvalue weighted by Gasteiger charge is 2.18. The Kier molecular flexibility index (Phi) is 7.40. The second-order valence-corrected chi connectivity index (χ2v) is 8.77. The molecule has 1 heterocycles. The van der Waals surface area contributed by atoms with E-state index in [1.807, 2.05) is 66.1 Å². The van der Waals surface area contributed by atoms with Crippen molar-refractivity contribution in [2.24, 2.45) is 0 Å². The smallest absolute Gasteiger partial charge is 0.234 e. The van der Waals surface area contributed by atoms with Gasteiger partial charge in [0.15, 0.2) is 11.0 Å². The van der Waals surface area contributed by atoms with E-state index in [0.29, 0.717) is 27.4 Å². The normalized spacial score (nSPS) is 10.7. The van der Waals surface area contributed by atoms with Crippen LogP contribution in [0.15, 0.2) is 71.9 Å². The fourth-order valence-electron chi connectivity index (χ4n) is 3.35. The quantitative estimate of drug-likeness (QED) is 0.319. The number of ether oxygens (including phenoxy) is 2. The maximum atomic E-state index is 12.7. The number of nitrogens with one attached hydrogen (secondary N) is 1. The molecule has 1 amide bonds. The van der Waals surface area contributed by atoms with Gasteiger partial charge >= 0.3 is 0 Å². The molecule has 0 saturated heterocycles. The molecule has 34 heavy (non-hydrogen) atoms. The number of thioether (sulfide) groups is 1. The van der Waals surface area contributed by atoms with Crippen LogP contribution in [0.5, 0.6) is 11.5 Å². The lowest BCUT2D eigenvalue weighted by atomic mass is 10.2. The minimum absolute atomic E-state index is 0.144. The van der Waals surface area contributed by atoms with Crippen LogP contribution in [0.2, 0.25) is 5.02 Å². The molecule has 0 radical (unpaired) electrons. The molecule has 1 N–H and O–H groups in total. The van der Waals surface area contributed by atoms with Crippen molar-refractivity contribution in [3.05, 3.63) is 77.3 Å². The molecule has 0 aliphatic carbocycles. The molecule has 0 bridgehead atoms. The Hall–Kier alpha value is -3.49. The lowest BCUT2D eigenvalue weighted by molar-refractivity contribution is -0.113. The van der Waals surface area contributed by atoms with E-state index in [2.05, 4.69) is 15.5 Å².